The molecular formula is C74H125NO18. The minimum absolute atomic E-state index is 0.228. The van der Waals surface area contributed by atoms with E-state index in [1.54, 1.807) is 6.08 Å². The molecule has 0 aromatic carbocycles. The first kappa shape index (κ1) is 83.7. The van der Waals surface area contributed by atoms with Gasteiger partial charge in [0.1, 0.15) is 73.2 Å². The van der Waals surface area contributed by atoms with E-state index < -0.39 is 124 Å². The van der Waals surface area contributed by atoms with E-state index in [2.05, 4.69) is 103 Å². The van der Waals surface area contributed by atoms with Crippen molar-refractivity contribution in [3.8, 4) is 0 Å². The van der Waals surface area contributed by atoms with Crippen LogP contribution in [-0.4, -0.2) is 193 Å². The summed E-state index contributed by atoms with van der Waals surface area (Å²) >= 11 is 0. The number of allylic oxidation sites excluding steroid dienone is 17. The van der Waals surface area contributed by atoms with Crippen LogP contribution in [0, 0.1) is 0 Å². The number of nitrogens with one attached hydrogen (secondary N) is 1. The number of hydrogen-bond donors (Lipinski definition) is 12. The minimum Gasteiger partial charge on any atom is -0.394 e. The first-order valence-corrected chi connectivity index (χ1v) is 35.6. The number of rotatable bonds is 53. The maximum Gasteiger partial charge on any atom is 0.220 e. The van der Waals surface area contributed by atoms with Crippen LogP contribution in [0.25, 0.3) is 0 Å². The monoisotopic (exact) mass is 1320 g/mol. The molecular weight excluding hydrogens is 1190 g/mol. The summed E-state index contributed by atoms with van der Waals surface area (Å²) < 4.78 is 34.2. The molecule has 3 rings (SSSR count). The Balaban J connectivity index is 1.28. The molecule has 0 bridgehead atoms. The fourth-order valence-electron chi connectivity index (χ4n) is 11.4. The molecule has 534 valence electrons. The lowest BCUT2D eigenvalue weighted by molar-refractivity contribution is -0.379. The molecule has 0 aromatic heterocycles. The van der Waals surface area contributed by atoms with Crippen molar-refractivity contribution in [1.82, 2.24) is 5.32 Å². The number of carbonyl (C=O) groups excluding carboxylic acids is 1. The molecule has 93 heavy (non-hydrogen) atoms. The van der Waals surface area contributed by atoms with E-state index in [-0.39, 0.29) is 18.9 Å². The van der Waals surface area contributed by atoms with E-state index in [1.165, 1.54) is 109 Å². The largest absolute Gasteiger partial charge is 0.394 e. The number of unbranched alkanes of at least 4 members (excludes halogenated alkanes) is 22. The molecule has 17 atom stereocenters. The molecule has 0 aliphatic carbocycles. The smallest absolute Gasteiger partial charge is 0.220 e. The zero-order valence-electron chi connectivity index (χ0n) is 56.4. The molecule has 3 saturated heterocycles. The topological polar surface area (TPSA) is 307 Å². The maximum atomic E-state index is 13.3. The number of aliphatic hydroxyl groups excluding tert-OH is 11. The van der Waals surface area contributed by atoms with Crippen molar-refractivity contribution in [3.63, 3.8) is 0 Å². The van der Waals surface area contributed by atoms with E-state index in [1.807, 2.05) is 19.1 Å². The highest BCUT2D eigenvalue weighted by Crippen LogP contribution is 2.33. The molecule has 3 aliphatic heterocycles. The predicted octanol–water partition coefficient (Wildman–Crippen LogP) is 9.83. The van der Waals surface area contributed by atoms with Gasteiger partial charge in [-0.05, 0) is 90.4 Å². The third-order valence-corrected chi connectivity index (χ3v) is 17.1. The van der Waals surface area contributed by atoms with Crippen LogP contribution in [0.1, 0.15) is 219 Å². The lowest BCUT2D eigenvalue weighted by Gasteiger charge is -2.48. The average Bonchev–Trinajstić information content (AvgIpc) is 0.900. The second kappa shape index (κ2) is 54.5. The van der Waals surface area contributed by atoms with Crippen LogP contribution in [0.4, 0.5) is 0 Å². The highest BCUT2D eigenvalue weighted by atomic mass is 16.8. The van der Waals surface area contributed by atoms with Crippen molar-refractivity contribution < 1.29 is 89.4 Å². The van der Waals surface area contributed by atoms with E-state index in [9.17, 15) is 61.0 Å². The second-order valence-electron chi connectivity index (χ2n) is 25.0. The van der Waals surface area contributed by atoms with Gasteiger partial charge in [0.15, 0.2) is 18.9 Å². The van der Waals surface area contributed by atoms with Crippen molar-refractivity contribution in [3.05, 3.63) is 109 Å². The van der Waals surface area contributed by atoms with Gasteiger partial charge in [0.25, 0.3) is 0 Å². The first-order valence-electron chi connectivity index (χ1n) is 35.6. The number of ether oxygens (including phenoxy) is 6. The van der Waals surface area contributed by atoms with Crippen LogP contribution >= 0.6 is 0 Å². The molecule has 0 spiro atoms. The van der Waals surface area contributed by atoms with Crippen molar-refractivity contribution in [2.45, 2.75) is 324 Å². The number of carbonyl (C=O) groups is 1. The Morgan fingerprint density at radius 2 is 0.763 bits per heavy atom. The third kappa shape index (κ3) is 36.0. The molecule has 0 radical (unpaired) electrons. The molecule has 3 aliphatic rings. The summed E-state index contributed by atoms with van der Waals surface area (Å²) in [6.07, 6.45) is 47.2. The number of aliphatic hydroxyl groups is 11. The van der Waals surface area contributed by atoms with Crippen LogP contribution in [0.15, 0.2) is 109 Å². The first-order chi connectivity index (χ1) is 45.3. The van der Waals surface area contributed by atoms with Gasteiger partial charge in [0.05, 0.1) is 38.6 Å². The van der Waals surface area contributed by atoms with E-state index in [0.29, 0.717) is 12.8 Å². The molecule has 3 fully saturated rings. The van der Waals surface area contributed by atoms with Gasteiger partial charge in [-0.3, -0.25) is 4.79 Å². The maximum absolute atomic E-state index is 13.3. The van der Waals surface area contributed by atoms with Crippen molar-refractivity contribution in [2.75, 3.05) is 26.4 Å². The second-order valence-corrected chi connectivity index (χ2v) is 25.0. The lowest BCUT2D eigenvalue weighted by Crippen LogP contribution is -2.66. The van der Waals surface area contributed by atoms with Crippen molar-refractivity contribution in [2.24, 2.45) is 0 Å². The summed E-state index contributed by atoms with van der Waals surface area (Å²) in [6, 6.07) is -0.998. The number of amides is 1. The highest BCUT2D eigenvalue weighted by Gasteiger charge is 2.53. The zero-order valence-corrected chi connectivity index (χ0v) is 56.4. The Morgan fingerprint density at radius 1 is 0.409 bits per heavy atom. The van der Waals surface area contributed by atoms with Gasteiger partial charge in [-0.15, -0.1) is 0 Å². The number of hydrogen-bond acceptors (Lipinski definition) is 18. The molecule has 0 aromatic rings. The Morgan fingerprint density at radius 3 is 1.20 bits per heavy atom. The summed E-state index contributed by atoms with van der Waals surface area (Å²) in [5, 5.41) is 120. The van der Waals surface area contributed by atoms with Crippen LogP contribution in [0.2, 0.25) is 0 Å². The Kier molecular flexibility index (Phi) is 49.0. The van der Waals surface area contributed by atoms with E-state index >= 15 is 0 Å². The summed E-state index contributed by atoms with van der Waals surface area (Å²) in [6.45, 7) is 1.33. The van der Waals surface area contributed by atoms with Gasteiger partial charge in [-0.25, -0.2) is 0 Å². The quantitative estimate of drug-likeness (QED) is 0.0199. The van der Waals surface area contributed by atoms with Gasteiger partial charge in [-0.1, -0.05) is 232 Å². The molecule has 0 saturated carbocycles. The molecule has 3 heterocycles. The fraction of sp³-hybridized carbons (Fsp3) is 0.743. The zero-order chi connectivity index (χ0) is 67.5. The minimum atomic E-state index is -1.98. The third-order valence-electron chi connectivity index (χ3n) is 17.1. The SMILES string of the molecule is C/C=C/CC/C=C/CC/C=C/C(O)C(COC1OC(CO)C(OC2OC(CO)C(OC3OC(CO)C(O)C(O)C3O)C(O)C2O)C(O)C1O)NC(=O)CCCCCCCCCCCCCCCCCCCCCC/C=C\C/C=C\C/C=C\C/C=C\C/C=C\C/C=C\CC. The summed E-state index contributed by atoms with van der Waals surface area (Å²) in [5.41, 5.74) is 0. The lowest BCUT2D eigenvalue weighted by atomic mass is 9.96. The standard InChI is InChI=1S/C74H125NO18/c1-3-5-7-9-11-13-14-15-16-17-18-19-20-21-22-23-24-25-26-27-28-29-30-31-32-33-34-35-36-37-38-39-40-41-42-44-46-48-50-52-62(80)75-57(58(79)51-49-47-45-43-12-10-8-6-4-2)56-88-72-68(86)65(83)70(60(54-77)90-72)93-74-69(87)66(84)71(61(55-78)91-74)92-73-67(85)64(82)63(81)59(53-76)89-73/h4-7,11-13,15-16,18-19,21-22,24-25,43,49,51,57-61,63-74,76-79,81-87H,3,8-10,14,17,20,23,26-42,44-48,50,52-56H2,1-2H3,(H,75,80)/b6-4+,7-5-,13-11-,16-15-,19-18-,22-21-,25-24-,43-12+,51-49+. The van der Waals surface area contributed by atoms with Crippen molar-refractivity contribution in [1.29, 1.82) is 0 Å². The van der Waals surface area contributed by atoms with Crippen LogP contribution in [0.5, 0.6) is 0 Å². The van der Waals surface area contributed by atoms with Crippen molar-refractivity contribution >= 4 is 5.91 Å². The van der Waals surface area contributed by atoms with E-state index in [0.717, 1.165) is 77.0 Å². The van der Waals surface area contributed by atoms with Gasteiger partial charge >= 0.3 is 0 Å². The summed E-state index contributed by atoms with van der Waals surface area (Å²) in [5.74, 6) is -0.295. The average molecular weight is 1320 g/mol. The Bertz CT molecular complexity index is 2110. The van der Waals surface area contributed by atoms with Gasteiger partial charge < -0.3 is 89.9 Å². The Hall–Kier alpha value is -3.55. The summed E-state index contributed by atoms with van der Waals surface area (Å²) in [4.78, 5) is 13.3. The van der Waals surface area contributed by atoms with Gasteiger partial charge in [-0.2, -0.15) is 0 Å². The van der Waals surface area contributed by atoms with Gasteiger partial charge in [0, 0.05) is 6.42 Å². The van der Waals surface area contributed by atoms with E-state index in [4.69, 9.17) is 28.4 Å². The van der Waals surface area contributed by atoms with Crippen LogP contribution in [0.3, 0.4) is 0 Å². The summed E-state index contributed by atoms with van der Waals surface area (Å²) in [7, 11) is 0. The van der Waals surface area contributed by atoms with Gasteiger partial charge in [0.2, 0.25) is 5.91 Å². The molecule has 19 nitrogen and oxygen atoms in total. The Labute approximate surface area is 557 Å². The highest BCUT2D eigenvalue weighted by molar-refractivity contribution is 5.76. The molecule has 19 heteroatoms. The molecule has 1 amide bonds. The fourth-order valence-corrected chi connectivity index (χ4v) is 11.4. The molecule has 12 N–H and O–H groups in total. The molecule has 17 unspecified atom stereocenters. The van der Waals surface area contributed by atoms with Crippen LogP contribution < -0.4 is 5.32 Å². The predicted molar refractivity (Wildman–Crippen MR) is 364 cm³/mol. The normalized spacial score (nSPS) is 28.2. The van der Waals surface area contributed by atoms with Crippen LogP contribution in [-0.2, 0) is 33.2 Å².